The first kappa shape index (κ1) is 21.5. The number of ether oxygens (including phenoxy) is 1. The van der Waals surface area contributed by atoms with Crippen LogP contribution in [0.3, 0.4) is 0 Å². The highest BCUT2D eigenvalue weighted by Gasteiger charge is 2.17. The molecular weight excluding hydrogens is 505 g/mol. The lowest BCUT2D eigenvalue weighted by atomic mass is 10.1. The molecule has 2 aromatic heterocycles. The second-order valence-electron chi connectivity index (χ2n) is 6.60. The van der Waals surface area contributed by atoms with Crippen molar-refractivity contribution in [1.29, 1.82) is 0 Å². The maximum Gasteiger partial charge on any atom is 0.414 e. The number of nitrogens with one attached hydrogen (secondary N) is 1. The van der Waals surface area contributed by atoms with Gasteiger partial charge in [-0.25, -0.2) is 19.4 Å². The van der Waals surface area contributed by atoms with Crippen molar-refractivity contribution in [3.63, 3.8) is 0 Å². The zero-order valence-electron chi connectivity index (χ0n) is 16.0. The Morgan fingerprint density at radius 1 is 1.16 bits per heavy atom. The van der Waals surface area contributed by atoms with Gasteiger partial charge in [0.05, 0.1) is 18.1 Å². The molecule has 1 amide bonds. The van der Waals surface area contributed by atoms with Crippen molar-refractivity contribution in [2.24, 2.45) is 0 Å². The Morgan fingerprint density at radius 3 is 2.71 bits per heavy atom. The summed E-state index contributed by atoms with van der Waals surface area (Å²) in [6, 6.07) is 15.0. The molecule has 0 saturated heterocycles. The summed E-state index contributed by atoms with van der Waals surface area (Å²) in [5, 5.41) is 7.77. The summed E-state index contributed by atoms with van der Waals surface area (Å²) in [5.74, 6) is 0.114. The SMILES string of the molecule is O=C(NCc1ccccc1Cl)Oc1ncnc2c1cnn2CC(Cl)c1ccc(Br)cc1. The monoisotopic (exact) mass is 519 g/mol. The van der Waals surface area contributed by atoms with Crippen LogP contribution < -0.4 is 10.1 Å². The van der Waals surface area contributed by atoms with Crippen molar-refractivity contribution in [2.45, 2.75) is 18.5 Å². The molecule has 158 valence electrons. The highest BCUT2D eigenvalue weighted by Crippen LogP contribution is 2.27. The molecule has 4 rings (SSSR count). The highest BCUT2D eigenvalue weighted by atomic mass is 79.9. The van der Waals surface area contributed by atoms with E-state index in [9.17, 15) is 4.79 Å². The molecule has 31 heavy (non-hydrogen) atoms. The molecule has 10 heteroatoms. The summed E-state index contributed by atoms with van der Waals surface area (Å²) >= 11 is 16.1. The Balaban J connectivity index is 1.46. The third-order valence-corrected chi connectivity index (χ3v) is 5.82. The van der Waals surface area contributed by atoms with E-state index in [-0.39, 0.29) is 17.8 Å². The molecule has 0 spiro atoms. The van der Waals surface area contributed by atoms with Crippen molar-refractivity contribution in [3.8, 4) is 5.88 Å². The fraction of sp³-hybridized carbons (Fsp3) is 0.143. The molecule has 4 aromatic rings. The van der Waals surface area contributed by atoms with Crippen molar-refractivity contribution >= 4 is 56.3 Å². The molecule has 2 heterocycles. The molecule has 0 fully saturated rings. The first-order valence-corrected chi connectivity index (χ1v) is 10.9. The zero-order chi connectivity index (χ0) is 21.8. The van der Waals surface area contributed by atoms with Gasteiger partial charge in [-0.15, -0.1) is 11.6 Å². The van der Waals surface area contributed by atoms with E-state index in [1.807, 2.05) is 42.5 Å². The minimum Gasteiger partial charge on any atom is -0.390 e. The van der Waals surface area contributed by atoms with Gasteiger partial charge in [0.15, 0.2) is 5.65 Å². The van der Waals surface area contributed by atoms with Gasteiger partial charge in [0.2, 0.25) is 5.88 Å². The summed E-state index contributed by atoms with van der Waals surface area (Å²) in [6.07, 6.45) is 2.22. The smallest absolute Gasteiger partial charge is 0.390 e. The van der Waals surface area contributed by atoms with Gasteiger partial charge in [-0.2, -0.15) is 5.10 Å². The molecule has 7 nitrogen and oxygen atoms in total. The number of fused-ring (bicyclic) bond motifs is 1. The van der Waals surface area contributed by atoms with Gasteiger partial charge in [0.1, 0.15) is 11.7 Å². The number of alkyl halides is 1. The van der Waals surface area contributed by atoms with E-state index in [2.05, 4.69) is 36.3 Å². The fourth-order valence-corrected chi connectivity index (χ4v) is 3.69. The van der Waals surface area contributed by atoms with Gasteiger partial charge < -0.3 is 10.1 Å². The molecule has 0 aliphatic carbocycles. The highest BCUT2D eigenvalue weighted by molar-refractivity contribution is 9.10. The lowest BCUT2D eigenvalue weighted by molar-refractivity contribution is 0.198. The van der Waals surface area contributed by atoms with E-state index in [0.717, 1.165) is 15.6 Å². The number of benzene rings is 2. The van der Waals surface area contributed by atoms with Crippen molar-refractivity contribution in [1.82, 2.24) is 25.1 Å². The number of amides is 1. The van der Waals surface area contributed by atoms with E-state index in [1.165, 1.54) is 6.33 Å². The van der Waals surface area contributed by atoms with Crippen LogP contribution >= 0.6 is 39.1 Å². The Hall–Kier alpha value is -2.68. The topological polar surface area (TPSA) is 81.9 Å². The fourth-order valence-electron chi connectivity index (χ4n) is 2.95. The van der Waals surface area contributed by atoms with Crippen LogP contribution in [0.5, 0.6) is 5.88 Å². The van der Waals surface area contributed by atoms with Gasteiger partial charge in [-0.3, -0.25) is 0 Å². The second kappa shape index (κ2) is 9.64. The molecule has 0 aliphatic heterocycles. The Labute approximate surface area is 196 Å². The predicted molar refractivity (Wildman–Crippen MR) is 122 cm³/mol. The molecule has 0 saturated carbocycles. The number of rotatable bonds is 6. The van der Waals surface area contributed by atoms with E-state index < -0.39 is 6.09 Å². The molecule has 0 bridgehead atoms. The van der Waals surface area contributed by atoms with Crippen LogP contribution in [0.4, 0.5) is 4.79 Å². The van der Waals surface area contributed by atoms with Gasteiger partial charge >= 0.3 is 6.09 Å². The Morgan fingerprint density at radius 2 is 1.94 bits per heavy atom. The summed E-state index contributed by atoms with van der Waals surface area (Å²) in [4.78, 5) is 20.6. The number of carbonyl (C=O) groups excluding carboxylic acids is 1. The van der Waals surface area contributed by atoms with Crippen LogP contribution in [0, 0.1) is 0 Å². The summed E-state index contributed by atoms with van der Waals surface area (Å²) < 4.78 is 8.01. The van der Waals surface area contributed by atoms with Gasteiger partial charge in [0.25, 0.3) is 0 Å². The molecule has 1 N–H and O–H groups in total. The Kier molecular flexibility index (Phi) is 6.70. The lowest BCUT2D eigenvalue weighted by Gasteiger charge is -2.11. The molecule has 2 aromatic carbocycles. The third kappa shape index (κ3) is 5.15. The molecule has 1 unspecified atom stereocenters. The average Bonchev–Trinajstić information content (AvgIpc) is 3.17. The third-order valence-electron chi connectivity index (χ3n) is 4.53. The van der Waals surface area contributed by atoms with Crippen LogP contribution in [0.2, 0.25) is 5.02 Å². The van der Waals surface area contributed by atoms with E-state index in [4.69, 9.17) is 27.9 Å². The first-order valence-electron chi connectivity index (χ1n) is 9.26. The van der Waals surface area contributed by atoms with E-state index in [1.54, 1.807) is 16.9 Å². The summed E-state index contributed by atoms with van der Waals surface area (Å²) in [7, 11) is 0. The molecule has 0 aliphatic rings. The number of carbonyl (C=O) groups is 1. The van der Waals surface area contributed by atoms with Crippen molar-refractivity contribution < 1.29 is 9.53 Å². The van der Waals surface area contributed by atoms with Crippen LogP contribution in [-0.2, 0) is 13.1 Å². The van der Waals surface area contributed by atoms with Gasteiger partial charge in [-0.05, 0) is 29.3 Å². The summed E-state index contributed by atoms with van der Waals surface area (Å²) in [6.45, 7) is 0.620. The van der Waals surface area contributed by atoms with Crippen LogP contribution in [0.25, 0.3) is 11.0 Å². The lowest BCUT2D eigenvalue weighted by Crippen LogP contribution is -2.26. The second-order valence-corrected chi connectivity index (χ2v) is 8.45. The number of hydrogen-bond donors (Lipinski definition) is 1. The zero-order valence-corrected chi connectivity index (χ0v) is 19.1. The normalized spacial score (nSPS) is 12.0. The first-order chi connectivity index (χ1) is 15.0. The minimum absolute atomic E-state index is 0.114. The quantitative estimate of drug-likeness (QED) is 0.339. The van der Waals surface area contributed by atoms with Gasteiger partial charge in [-0.1, -0.05) is 57.9 Å². The summed E-state index contributed by atoms with van der Waals surface area (Å²) in [5.41, 5.74) is 2.26. The van der Waals surface area contributed by atoms with Crippen LogP contribution in [0.15, 0.2) is 65.5 Å². The van der Waals surface area contributed by atoms with Crippen LogP contribution in [-0.4, -0.2) is 25.8 Å². The molecule has 1 atom stereocenters. The van der Waals surface area contributed by atoms with E-state index >= 15 is 0 Å². The number of nitrogens with zero attached hydrogens (tertiary/aromatic N) is 4. The largest absolute Gasteiger partial charge is 0.414 e. The predicted octanol–water partition coefficient (Wildman–Crippen LogP) is 5.51. The van der Waals surface area contributed by atoms with E-state index in [0.29, 0.717) is 22.6 Å². The maximum atomic E-state index is 12.2. The van der Waals surface area contributed by atoms with Crippen molar-refractivity contribution in [3.05, 3.63) is 81.7 Å². The number of hydrogen-bond acceptors (Lipinski definition) is 5. The van der Waals surface area contributed by atoms with Gasteiger partial charge in [0, 0.05) is 16.0 Å². The maximum absolute atomic E-state index is 12.2. The minimum atomic E-state index is -0.655. The van der Waals surface area contributed by atoms with Crippen LogP contribution in [0.1, 0.15) is 16.5 Å². The number of aromatic nitrogens is 4. The Bertz CT molecular complexity index is 1220. The van der Waals surface area contributed by atoms with Crippen molar-refractivity contribution in [2.75, 3.05) is 0 Å². The standard InChI is InChI=1S/C21H16BrCl2N5O2/c22-15-7-5-13(6-8-15)18(24)11-29-19-16(10-28-29)20(27-12-26-19)31-21(30)25-9-14-3-1-2-4-17(14)23/h1-8,10,12,18H,9,11H2,(H,25,30). The molecular formula is C21H16BrCl2N5O2. The number of halogens is 3. The molecule has 0 radical (unpaired) electrons. The average molecular weight is 521 g/mol.